The molecule has 9 heteroatoms. The van der Waals surface area contributed by atoms with Gasteiger partial charge >= 0.3 is 0 Å². The second-order valence-electron chi connectivity index (χ2n) is 5.71. The fourth-order valence-corrected chi connectivity index (χ4v) is 3.24. The minimum absolute atomic E-state index is 0.0768. The van der Waals surface area contributed by atoms with E-state index in [2.05, 4.69) is 32.9 Å². The van der Waals surface area contributed by atoms with Gasteiger partial charge in [0.05, 0.1) is 9.93 Å². The minimum atomic E-state index is -0.385. The molecule has 0 amide bonds. The number of benzene rings is 1. The summed E-state index contributed by atoms with van der Waals surface area (Å²) in [5.74, 6) is 0.731. The third kappa shape index (κ3) is 6.86. The number of nitro benzene ring substituents is 1. The van der Waals surface area contributed by atoms with Gasteiger partial charge in [-0.15, -0.1) is 11.3 Å². The molecule has 0 unspecified atom stereocenters. The van der Waals surface area contributed by atoms with Crippen LogP contribution in [0, 0.1) is 10.1 Å². The van der Waals surface area contributed by atoms with Gasteiger partial charge in [-0.2, -0.15) is 0 Å². The number of nitrogens with one attached hydrogen (secondary N) is 3. The monoisotopic (exact) mass is 390 g/mol. The molecule has 0 radical (unpaired) electrons. The van der Waals surface area contributed by atoms with E-state index in [0.717, 1.165) is 30.4 Å². The molecule has 1 aromatic heterocycles. The average Bonchev–Trinajstić information content (AvgIpc) is 3.13. The lowest BCUT2D eigenvalue weighted by Crippen LogP contribution is -2.39. The number of nitrogens with zero attached hydrogens (tertiary/aromatic N) is 3. The highest BCUT2D eigenvalue weighted by Gasteiger charge is 2.11. The number of rotatable bonds is 10. The number of para-hydroxylation sites is 2. The quantitative estimate of drug-likeness (QED) is 0.189. The van der Waals surface area contributed by atoms with Crippen LogP contribution in [0.2, 0.25) is 0 Å². The standard InChI is InChI=1S/C18H26N6O2S/c1-3-14-13-23-17(27-14)9-10-21-18(19-4-2)22-12-11-20-15-7-5-6-8-16(15)24(25)26/h5-8,13,20H,3-4,9-12H2,1-2H3,(H2,19,21,22). The van der Waals surface area contributed by atoms with Gasteiger partial charge in [-0.1, -0.05) is 19.1 Å². The first-order valence-corrected chi connectivity index (χ1v) is 9.88. The van der Waals surface area contributed by atoms with Gasteiger partial charge in [-0.05, 0) is 19.4 Å². The average molecular weight is 391 g/mol. The van der Waals surface area contributed by atoms with Crippen LogP contribution in [-0.2, 0) is 12.8 Å². The van der Waals surface area contributed by atoms with Crippen LogP contribution < -0.4 is 16.0 Å². The molecule has 0 bridgehead atoms. The van der Waals surface area contributed by atoms with E-state index in [1.807, 2.05) is 13.1 Å². The first-order valence-electron chi connectivity index (χ1n) is 9.07. The van der Waals surface area contributed by atoms with Gasteiger partial charge in [0.15, 0.2) is 5.96 Å². The molecule has 1 heterocycles. The Labute approximate surface area is 163 Å². The Morgan fingerprint density at radius 3 is 2.78 bits per heavy atom. The van der Waals surface area contributed by atoms with E-state index < -0.39 is 0 Å². The molecule has 2 aromatic rings. The Kier molecular flexibility index (Phi) is 8.50. The molecule has 0 aliphatic heterocycles. The Morgan fingerprint density at radius 1 is 1.26 bits per heavy atom. The van der Waals surface area contributed by atoms with Gasteiger partial charge in [0.2, 0.25) is 0 Å². The van der Waals surface area contributed by atoms with Crippen LogP contribution in [0.4, 0.5) is 11.4 Å². The van der Waals surface area contributed by atoms with Crippen LogP contribution in [0.15, 0.2) is 35.5 Å². The predicted molar refractivity (Wildman–Crippen MR) is 111 cm³/mol. The summed E-state index contributed by atoms with van der Waals surface area (Å²) in [5.41, 5.74) is 0.592. The molecule has 0 fully saturated rings. The van der Waals surface area contributed by atoms with Gasteiger partial charge in [-0.3, -0.25) is 15.1 Å². The maximum Gasteiger partial charge on any atom is 0.292 e. The molecule has 8 nitrogen and oxygen atoms in total. The number of guanidine groups is 1. The molecule has 0 atom stereocenters. The predicted octanol–water partition coefficient (Wildman–Crippen LogP) is 2.82. The molecule has 0 saturated carbocycles. The number of hydrogen-bond donors (Lipinski definition) is 3. The molecule has 2 rings (SSSR count). The van der Waals surface area contributed by atoms with E-state index in [-0.39, 0.29) is 10.6 Å². The van der Waals surface area contributed by atoms with Crippen LogP contribution in [0.1, 0.15) is 23.7 Å². The lowest BCUT2D eigenvalue weighted by molar-refractivity contribution is -0.384. The van der Waals surface area contributed by atoms with Gasteiger partial charge in [-0.25, -0.2) is 4.98 Å². The minimum Gasteiger partial charge on any atom is -0.378 e. The molecule has 0 spiro atoms. The summed E-state index contributed by atoms with van der Waals surface area (Å²) in [6, 6.07) is 6.63. The van der Waals surface area contributed by atoms with Crippen molar-refractivity contribution in [3.8, 4) is 0 Å². The number of thiazole rings is 1. The summed E-state index contributed by atoms with van der Waals surface area (Å²) in [6.45, 7) is 6.69. The van der Waals surface area contributed by atoms with Crippen molar-refractivity contribution < 1.29 is 4.92 Å². The van der Waals surface area contributed by atoms with E-state index in [1.165, 1.54) is 10.9 Å². The Hall–Kier alpha value is -2.68. The second kappa shape index (κ2) is 11.1. The third-order valence-corrected chi connectivity index (χ3v) is 4.92. The van der Waals surface area contributed by atoms with Crippen LogP contribution >= 0.6 is 11.3 Å². The topological polar surface area (TPSA) is 104 Å². The second-order valence-corrected chi connectivity index (χ2v) is 6.91. The first kappa shape index (κ1) is 20.6. The van der Waals surface area contributed by atoms with Crippen molar-refractivity contribution in [1.82, 2.24) is 15.6 Å². The molecule has 0 aliphatic carbocycles. The van der Waals surface area contributed by atoms with Crippen molar-refractivity contribution in [3.05, 3.63) is 50.5 Å². The van der Waals surface area contributed by atoms with Crippen molar-refractivity contribution in [2.45, 2.75) is 26.7 Å². The summed E-state index contributed by atoms with van der Waals surface area (Å²) < 4.78 is 0. The van der Waals surface area contributed by atoms with E-state index >= 15 is 0 Å². The van der Waals surface area contributed by atoms with Gasteiger partial charge in [0.25, 0.3) is 5.69 Å². The van der Waals surface area contributed by atoms with Crippen LogP contribution in [0.25, 0.3) is 0 Å². The van der Waals surface area contributed by atoms with Crippen molar-refractivity contribution in [2.24, 2.45) is 4.99 Å². The number of aromatic nitrogens is 1. The molecule has 1 aromatic carbocycles. The highest BCUT2D eigenvalue weighted by molar-refractivity contribution is 7.11. The van der Waals surface area contributed by atoms with Crippen LogP contribution in [0.5, 0.6) is 0 Å². The lowest BCUT2D eigenvalue weighted by Gasteiger charge is -2.12. The van der Waals surface area contributed by atoms with Gasteiger partial charge in [0.1, 0.15) is 5.69 Å². The molecular formula is C18H26N6O2S. The highest BCUT2D eigenvalue weighted by Crippen LogP contribution is 2.22. The Bertz CT molecular complexity index is 762. The number of aryl methyl sites for hydroxylation is 1. The number of aliphatic imine (C=N–C) groups is 1. The number of anilines is 1. The van der Waals surface area contributed by atoms with E-state index in [0.29, 0.717) is 25.3 Å². The molecular weight excluding hydrogens is 364 g/mol. The summed E-state index contributed by atoms with van der Waals surface area (Å²) in [6.07, 6.45) is 3.76. The summed E-state index contributed by atoms with van der Waals surface area (Å²) in [7, 11) is 0. The van der Waals surface area contributed by atoms with Gasteiger partial charge < -0.3 is 16.0 Å². The molecule has 3 N–H and O–H groups in total. The molecule has 0 aliphatic rings. The van der Waals surface area contributed by atoms with Crippen molar-refractivity contribution in [1.29, 1.82) is 0 Å². The molecule has 146 valence electrons. The largest absolute Gasteiger partial charge is 0.378 e. The van der Waals surface area contributed by atoms with Crippen molar-refractivity contribution in [3.63, 3.8) is 0 Å². The zero-order valence-electron chi connectivity index (χ0n) is 15.7. The lowest BCUT2D eigenvalue weighted by atomic mass is 10.2. The summed E-state index contributed by atoms with van der Waals surface area (Å²) >= 11 is 1.73. The van der Waals surface area contributed by atoms with Crippen LogP contribution in [-0.4, -0.2) is 42.0 Å². The zero-order valence-corrected chi connectivity index (χ0v) is 16.5. The Morgan fingerprint density at radius 2 is 2.07 bits per heavy atom. The van der Waals surface area contributed by atoms with Gasteiger partial charge in [0, 0.05) is 49.7 Å². The van der Waals surface area contributed by atoms with Crippen molar-refractivity contribution in [2.75, 3.05) is 31.5 Å². The maximum absolute atomic E-state index is 11.0. The third-order valence-electron chi connectivity index (χ3n) is 3.72. The SMILES string of the molecule is CCNC(=NCCc1ncc(CC)s1)NCCNc1ccccc1[N+](=O)[O-]. The van der Waals surface area contributed by atoms with E-state index in [1.54, 1.807) is 29.5 Å². The number of nitro groups is 1. The fourth-order valence-electron chi connectivity index (χ4n) is 2.39. The molecule has 0 saturated heterocycles. The highest BCUT2D eigenvalue weighted by atomic mass is 32.1. The number of hydrogen-bond acceptors (Lipinski definition) is 6. The summed E-state index contributed by atoms with van der Waals surface area (Å²) in [4.78, 5) is 20.9. The van der Waals surface area contributed by atoms with E-state index in [4.69, 9.17) is 0 Å². The zero-order chi connectivity index (χ0) is 19.5. The maximum atomic E-state index is 11.0. The smallest absolute Gasteiger partial charge is 0.292 e. The first-order chi connectivity index (χ1) is 13.1. The normalized spacial score (nSPS) is 11.3. The molecule has 27 heavy (non-hydrogen) atoms. The fraction of sp³-hybridized carbons (Fsp3) is 0.444. The van der Waals surface area contributed by atoms with E-state index in [9.17, 15) is 10.1 Å². The van der Waals surface area contributed by atoms with Crippen LogP contribution in [0.3, 0.4) is 0 Å². The Balaban J connectivity index is 1.79. The van der Waals surface area contributed by atoms with Crippen molar-refractivity contribution >= 4 is 28.7 Å². The summed E-state index contributed by atoms with van der Waals surface area (Å²) in [5, 5.41) is 21.6.